The predicted molar refractivity (Wildman–Crippen MR) is 90.4 cm³/mol. The van der Waals surface area contributed by atoms with Crippen LogP contribution in [0.25, 0.3) is 11.0 Å². The van der Waals surface area contributed by atoms with Crippen molar-refractivity contribution in [1.82, 2.24) is 20.3 Å². The molecule has 0 aliphatic carbocycles. The maximum atomic E-state index is 12.3. The first-order valence-electron chi connectivity index (χ1n) is 7.54. The molecule has 0 saturated carbocycles. The number of benzene rings is 2. The number of nitrogens with one attached hydrogen (secondary N) is 1. The lowest BCUT2D eigenvalue weighted by molar-refractivity contribution is 0.0951. The quantitative estimate of drug-likeness (QED) is 0.780. The number of amides is 1. The van der Waals surface area contributed by atoms with Gasteiger partial charge in [0.2, 0.25) is 0 Å². The van der Waals surface area contributed by atoms with E-state index in [4.69, 9.17) is 11.6 Å². The highest BCUT2D eigenvalue weighted by molar-refractivity contribution is 6.31. The summed E-state index contributed by atoms with van der Waals surface area (Å²) in [7, 11) is 0. The minimum absolute atomic E-state index is 0.156. The van der Waals surface area contributed by atoms with Gasteiger partial charge in [0.15, 0.2) is 0 Å². The molecule has 6 heteroatoms. The molecule has 0 fully saturated rings. The molecule has 0 saturated heterocycles. The highest BCUT2D eigenvalue weighted by atomic mass is 35.5. The van der Waals surface area contributed by atoms with Gasteiger partial charge in [0.25, 0.3) is 5.91 Å². The van der Waals surface area contributed by atoms with Crippen LogP contribution in [0.2, 0.25) is 5.02 Å². The molecule has 0 atom stereocenters. The lowest BCUT2D eigenvalue weighted by Crippen LogP contribution is -2.22. The van der Waals surface area contributed by atoms with Crippen LogP contribution in [-0.2, 0) is 13.1 Å². The Morgan fingerprint density at radius 2 is 2.09 bits per heavy atom. The molecule has 2 aromatic carbocycles. The monoisotopic (exact) mass is 328 g/mol. The molecule has 0 unspecified atom stereocenters. The van der Waals surface area contributed by atoms with Crippen LogP contribution < -0.4 is 5.32 Å². The fourth-order valence-electron chi connectivity index (χ4n) is 2.41. The minimum atomic E-state index is -0.156. The SMILES string of the molecule is CCCn1nnc2cc(C(=O)NCc3ccccc3Cl)ccc21. The van der Waals surface area contributed by atoms with Crippen LogP contribution in [0.3, 0.4) is 0 Å². The highest BCUT2D eigenvalue weighted by Gasteiger charge is 2.10. The van der Waals surface area contributed by atoms with Crippen molar-refractivity contribution in [1.29, 1.82) is 0 Å². The van der Waals surface area contributed by atoms with Gasteiger partial charge in [-0.25, -0.2) is 4.68 Å². The van der Waals surface area contributed by atoms with Crippen LogP contribution >= 0.6 is 11.6 Å². The standard InChI is InChI=1S/C17H17ClN4O/c1-2-9-22-16-8-7-12(10-15(16)20-21-22)17(23)19-11-13-5-3-4-6-14(13)18/h3-8,10H,2,9,11H2,1H3,(H,19,23). The predicted octanol–water partition coefficient (Wildman–Crippen LogP) is 3.42. The van der Waals surface area contributed by atoms with E-state index in [9.17, 15) is 4.79 Å². The summed E-state index contributed by atoms with van der Waals surface area (Å²) in [5.74, 6) is -0.156. The molecule has 0 radical (unpaired) electrons. The van der Waals surface area contributed by atoms with E-state index in [2.05, 4.69) is 22.6 Å². The molecule has 1 aromatic heterocycles. The summed E-state index contributed by atoms with van der Waals surface area (Å²) < 4.78 is 1.85. The zero-order valence-corrected chi connectivity index (χ0v) is 13.5. The number of rotatable bonds is 5. The van der Waals surface area contributed by atoms with Crippen LogP contribution in [0.4, 0.5) is 0 Å². The number of carbonyl (C=O) groups excluding carboxylic acids is 1. The van der Waals surface area contributed by atoms with E-state index in [-0.39, 0.29) is 5.91 Å². The molecule has 3 aromatic rings. The number of hydrogen-bond donors (Lipinski definition) is 1. The molecular weight excluding hydrogens is 312 g/mol. The molecule has 1 N–H and O–H groups in total. The van der Waals surface area contributed by atoms with Crippen molar-refractivity contribution in [2.75, 3.05) is 0 Å². The first-order valence-corrected chi connectivity index (χ1v) is 7.91. The van der Waals surface area contributed by atoms with Crippen LogP contribution in [0.15, 0.2) is 42.5 Å². The molecule has 0 aliphatic heterocycles. The van der Waals surface area contributed by atoms with Crippen LogP contribution in [0.5, 0.6) is 0 Å². The molecule has 0 bridgehead atoms. The van der Waals surface area contributed by atoms with E-state index in [0.717, 1.165) is 29.6 Å². The summed E-state index contributed by atoms with van der Waals surface area (Å²) in [4.78, 5) is 12.3. The van der Waals surface area contributed by atoms with Crippen LogP contribution in [0, 0.1) is 0 Å². The van der Waals surface area contributed by atoms with Gasteiger partial charge in [-0.15, -0.1) is 5.10 Å². The third kappa shape index (κ3) is 3.35. The van der Waals surface area contributed by atoms with Crippen molar-refractivity contribution >= 4 is 28.5 Å². The van der Waals surface area contributed by atoms with Gasteiger partial charge in [-0.1, -0.05) is 41.9 Å². The zero-order valence-electron chi connectivity index (χ0n) is 12.8. The van der Waals surface area contributed by atoms with Crippen molar-refractivity contribution < 1.29 is 4.79 Å². The second kappa shape index (κ2) is 6.79. The largest absolute Gasteiger partial charge is 0.348 e. The summed E-state index contributed by atoms with van der Waals surface area (Å²) in [6.45, 7) is 3.29. The second-order valence-corrected chi connectivity index (χ2v) is 5.70. The zero-order chi connectivity index (χ0) is 16.2. The normalized spacial score (nSPS) is 10.9. The average molecular weight is 329 g/mol. The van der Waals surface area contributed by atoms with Gasteiger partial charge in [0.05, 0.1) is 5.52 Å². The fraction of sp³-hybridized carbons (Fsp3) is 0.235. The topological polar surface area (TPSA) is 59.8 Å². The average Bonchev–Trinajstić information content (AvgIpc) is 2.96. The Bertz CT molecular complexity index is 843. The minimum Gasteiger partial charge on any atom is -0.348 e. The number of aryl methyl sites for hydroxylation is 1. The maximum absolute atomic E-state index is 12.3. The third-order valence-corrected chi connectivity index (χ3v) is 3.98. The molecule has 1 heterocycles. The number of nitrogens with zero attached hydrogens (tertiary/aromatic N) is 3. The van der Waals surface area contributed by atoms with E-state index in [1.165, 1.54) is 0 Å². The smallest absolute Gasteiger partial charge is 0.251 e. The van der Waals surface area contributed by atoms with Crippen LogP contribution in [-0.4, -0.2) is 20.9 Å². The Hall–Kier alpha value is -2.40. The van der Waals surface area contributed by atoms with E-state index in [1.807, 2.05) is 28.9 Å². The lowest BCUT2D eigenvalue weighted by Gasteiger charge is -2.07. The first-order chi connectivity index (χ1) is 11.2. The molecule has 0 spiro atoms. The van der Waals surface area contributed by atoms with Crippen molar-refractivity contribution in [3.8, 4) is 0 Å². The van der Waals surface area contributed by atoms with Gasteiger partial charge in [0.1, 0.15) is 5.52 Å². The van der Waals surface area contributed by atoms with Gasteiger partial charge in [-0.05, 0) is 36.2 Å². The Kier molecular flexibility index (Phi) is 4.57. The summed E-state index contributed by atoms with van der Waals surface area (Å²) in [5.41, 5.74) is 3.11. The van der Waals surface area contributed by atoms with E-state index >= 15 is 0 Å². The summed E-state index contributed by atoms with van der Waals surface area (Å²) in [5, 5.41) is 11.8. The molecule has 1 amide bonds. The lowest BCUT2D eigenvalue weighted by atomic mass is 10.1. The summed E-state index contributed by atoms with van der Waals surface area (Å²) in [6, 6.07) is 12.9. The summed E-state index contributed by atoms with van der Waals surface area (Å²) >= 11 is 6.09. The second-order valence-electron chi connectivity index (χ2n) is 5.29. The fourth-order valence-corrected chi connectivity index (χ4v) is 2.61. The number of aromatic nitrogens is 3. The Balaban J connectivity index is 1.75. The highest BCUT2D eigenvalue weighted by Crippen LogP contribution is 2.16. The molecule has 0 aliphatic rings. The first kappa shape index (κ1) is 15.5. The van der Waals surface area contributed by atoms with Gasteiger partial charge >= 0.3 is 0 Å². The molecule has 118 valence electrons. The van der Waals surface area contributed by atoms with Crippen LogP contribution in [0.1, 0.15) is 29.3 Å². The van der Waals surface area contributed by atoms with Gasteiger partial charge < -0.3 is 5.32 Å². The van der Waals surface area contributed by atoms with E-state index in [0.29, 0.717) is 17.1 Å². The van der Waals surface area contributed by atoms with E-state index in [1.54, 1.807) is 18.2 Å². The third-order valence-electron chi connectivity index (χ3n) is 3.61. The van der Waals surface area contributed by atoms with Gasteiger partial charge in [0, 0.05) is 23.7 Å². The van der Waals surface area contributed by atoms with Crippen molar-refractivity contribution in [2.24, 2.45) is 0 Å². The molecule has 23 heavy (non-hydrogen) atoms. The Labute approximate surface area is 139 Å². The van der Waals surface area contributed by atoms with Crippen molar-refractivity contribution in [3.05, 3.63) is 58.6 Å². The molecule has 5 nitrogen and oxygen atoms in total. The van der Waals surface area contributed by atoms with Gasteiger partial charge in [-0.2, -0.15) is 0 Å². The van der Waals surface area contributed by atoms with Gasteiger partial charge in [-0.3, -0.25) is 4.79 Å². The van der Waals surface area contributed by atoms with E-state index < -0.39 is 0 Å². The summed E-state index contributed by atoms with van der Waals surface area (Å²) in [6.07, 6.45) is 0.985. The Morgan fingerprint density at radius 1 is 1.26 bits per heavy atom. The maximum Gasteiger partial charge on any atom is 0.251 e. The Morgan fingerprint density at radius 3 is 2.87 bits per heavy atom. The van der Waals surface area contributed by atoms with Crippen molar-refractivity contribution in [3.63, 3.8) is 0 Å². The molecular formula is C17H17ClN4O. The number of fused-ring (bicyclic) bond motifs is 1. The van der Waals surface area contributed by atoms with Crippen molar-refractivity contribution in [2.45, 2.75) is 26.4 Å². The number of halogens is 1. The molecule has 3 rings (SSSR count). The number of carbonyl (C=O) groups is 1. The number of hydrogen-bond acceptors (Lipinski definition) is 3.